The van der Waals surface area contributed by atoms with Gasteiger partial charge in [0.2, 0.25) is 12.2 Å². The minimum atomic E-state index is -0.237. The van der Waals surface area contributed by atoms with Crippen molar-refractivity contribution >= 4 is 23.4 Å². The van der Waals surface area contributed by atoms with E-state index in [-0.39, 0.29) is 12.1 Å². The molecule has 1 aliphatic heterocycles. The van der Waals surface area contributed by atoms with Gasteiger partial charge in [0.1, 0.15) is 0 Å². The molecule has 0 aromatic heterocycles. The Morgan fingerprint density at radius 2 is 1.50 bits per heavy atom. The van der Waals surface area contributed by atoms with E-state index in [0.717, 1.165) is 34.5 Å². The van der Waals surface area contributed by atoms with Crippen molar-refractivity contribution in [3.05, 3.63) is 131 Å². The van der Waals surface area contributed by atoms with Crippen LogP contribution >= 0.6 is 0 Å². The maximum Gasteiger partial charge on any atom is 0.322 e. The lowest BCUT2D eigenvalue weighted by Crippen LogP contribution is -2.54. The van der Waals surface area contributed by atoms with Crippen LogP contribution in [-0.4, -0.2) is 41.4 Å². The summed E-state index contributed by atoms with van der Waals surface area (Å²) in [5.41, 5.74) is 6.02. The summed E-state index contributed by atoms with van der Waals surface area (Å²) in [4.78, 5) is 21.8. The summed E-state index contributed by atoms with van der Waals surface area (Å²) in [6.45, 7) is 3.49. The number of rotatable bonds is 5. The predicted octanol–water partition coefficient (Wildman–Crippen LogP) is 6.43. The molecule has 0 saturated carbocycles. The molecule has 200 valence electrons. The summed E-state index contributed by atoms with van der Waals surface area (Å²) < 4.78 is 0. The third-order valence-corrected chi connectivity index (χ3v) is 7.17. The predicted molar refractivity (Wildman–Crippen MR) is 160 cm³/mol. The second-order valence-corrected chi connectivity index (χ2v) is 9.79. The van der Waals surface area contributed by atoms with Gasteiger partial charge >= 0.3 is 6.03 Å². The fraction of sp³-hybridized carbons (Fsp3) is 0.182. The van der Waals surface area contributed by atoms with Crippen molar-refractivity contribution in [3.63, 3.8) is 0 Å². The fourth-order valence-corrected chi connectivity index (χ4v) is 5.04. The minimum Gasteiger partial charge on any atom is -0.338 e. The average molecular weight is 529 g/mol. The number of aliphatic imine (C=N–C) groups is 1. The molecule has 4 aromatic rings. The SMILES string of the molecule is Cc1ccccc1N/C(=N/C#N)N1CCN(C(=O)Nc2ccccc2Cc2ccccc2)C(c2ccccc2)C1. The van der Waals surface area contributed by atoms with Crippen molar-refractivity contribution in [2.75, 3.05) is 30.3 Å². The molecule has 1 fully saturated rings. The lowest BCUT2D eigenvalue weighted by atomic mass is 10.0. The molecule has 1 aliphatic rings. The number of hydrogen-bond donors (Lipinski definition) is 2. The first-order chi connectivity index (χ1) is 19.6. The quantitative estimate of drug-likeness (QED) is 0.178. The number of nitriles is 1. The molecule has 1 atom stereocenters. The smallest absolute Gasteiger partial charge is 0.322 e. The normalized spacial score (nSPS) is 15.3. The maximum atomic E-state index is 13.8. The van der Waals surface area contributed by atoms with E-state index in [4.69, 9.17) is 0 Å². The van der Waals surface area contributed by atoms with Gasteiger partial charge in [0, 0.05) is 31.0 Å². The van der Waals surface area contributed by atoms with Crippen molar-refractivity contribution in [3.8, 4) is 6.19 Å². The van der Waals surface area contributed by atoms with Gasteiger partial charge in [-0.2, -0.15) is 5.26 Å². The molecule has 0 aliphatic carbocycles. The number of carbonyl (C=O) groups excluding carboxylic acids is 1. The second-order valence-electron chi connectivity index (χ2n) is 9.79. The molecular weight excluding hydrogens is 496 g/mol. The van der Waals surface area contributed by atoms with E-state index in [1.807, 2.05) is 114 Å². The number of nitrogens with one attached hydrogen (secondary N) is 2. The summed E-state index contributed by atoms with van der Waals surface area (Å²) in [5.74, 6) is 0.478. The van der Waals surface area contributed by atoms with E-state index in [0.29, 0.717) is 25.6 Å². The Morgan fingerprint density at radius 3 is 2.23 bits per heavy atom. The molecule has 2 N–H and O–H groups in total. The number of guanidine groups is 1. The van der Waals surface area contributed by atoms with Crippen LogP contribution in [0.1, 0.15) is 28.3 Å². The third-order valence-electron chi connectivity index (χ3n) is 7.17. The Hall–Kier alpha value is -5.09. The number of amides is 2. The zero-order valence-corrected chi connectivity index (χ0v) is 22.5. The van der Waals surface area contributed by atoms with Crippen LogP contribution in [0.3, 0.4) is 0 Å². The van der Waals surface area contributed by atoms with Crippen molar-refractivity contribution in [2.45, 2.75) is 19.4 Å². The number of benzene rings is 4. The maximum absolute atomic E-state index is 13.8. The molecule has 40 heavy (non-hydrogen) atoms. The highest BCUT2D eigenvalue weighted by atomic mass is 16.2. The number of piperazine rings is 1. The molecule has 0 spiro atoms. The molecule has 0 bridgehead atoms. The highest BCUT2D eigenvalue weighted by Crippen LogP contribution is 2.28. The first-order valence-electron chi connectivity index (χ1n) is 13.4. The molecule has 4 aromatic carbocycles. The molecule has 1 unspecified atom stereocenters. The number of para-hydroxylation sites is 2. The number of nitrogens with zero attached hydrogens (tertiary/aromatic N) is 4. The van der Waals surface area contributed by atoms with E-state index >= 15 is 0 Å². The largest absolute Gasteiger partial charge is 0.338 e. The Kier molecular flexibility index (Phi) is 8.38. The number of carbonyl (C=O) groups is 1. The molecule has 1 saturated heterocycles. The van der Waals surface area contributed by atoms with Gasteiger partial charge in [0.15, 0.2) is 0 Å². The van der Waals surface area contributed by atoms with Crippen molar-refractivity contribution in [2.24, 2.45) is 4.99 Å². The zero-order valence-electron chi connectivity index (χ0n) is 22.5. The standard InChI is InChI=1S/C33H32N6O/c1-25-12-8-10-18-29(25)36-32(35-24-34)38-20-21-39(31(23-38)27-15-6-3-7-16-27)33(40)37-30-19-11-9-17-28(30)22-26-13-4-2-5-14-26/h2-19,31H,20-23H2,1H3,(H,35,36)(H,37,40). The first-order valence-corrected chi connectivity index (χ1v) is 13.4. The fourth-order valence-electron chi connectivity index (χ4n) is 5.04. The van der Waals surface area contributed by atoms with Gasteiger partial charge in [-0.3, -0.25) is 0 Å². The Morgan fingerprint density at radius 1 is 0.850 bits per heavy atom. The van der Waals surface area contributed by atoms with Crippen LogP contribution in [0, 0.1) is 18.4 Å². The topological polar surface area (TPSA) is 83.8 Å². The van der Waals surface area contributed by atoms with Gasteiger partial charge in [-0.05, 0) is 47.7 Å². The monoisotopic (exact) mass is 528 g/mol. The van der Waals surface area contributed by atoms with Crippen LogP contribution in [0.5, 0.6) is 0 Å². The summed E-state index contributed by atoms with van der Waals surface area (Å²) >= 11 is 0. The summed E-state index contributed by atoms with van der Waals surface area (Å²) in [6.07, 6.45) is 2.67. The van der Waals surface area contributed by atoms with Gasteiger partial charge in [0.05, 0.1) is 6.04 Å². The Bertz CT molecular complexity index is 1510. The highest BCUT2D eigenvalue weighted by molar-refractivity contribution is 5.95. The summed E-state index contributed by atoms with van der Waals surface area (Å²) in [6, 6.07) is 35.7. The number of anilines is 2. The van der Waals surface area contributed by atoms with Gasteiger partial charge < -0.3 is 20.4 Å². The van der Waals surface area contributed by atoms with Crippen LogP contribution in [0.2, 0.25) is 0 Å². The van der Waals surface area contributed by atoms with Crippen LogP contribution in [0.15, 0.2) is 114 Å². The van der Waals surface area contributed by atoms with Crippen LogP contribution in [0.25, 0.3) is 0 Å². The minimum absolute atomic E-state index is 0.153. The van der Waals surface area contributed by atoms with Gasteiger partial charge in [0.25, 0.3) is 0 Å². The van der Waals surface area contributed by atoms with Gasteiger partial charge in [-0.15, -0.1) is 4.99 Å². The second kappa shape index (κ2) is 12.6. The molecule has 5 rings (SSSR count). The van der Waals surface area contributed by atoms with E-state index in [1.165, 1.54) is 5.56 Å². The lowest BCUT2D eigenvalue weighted by Gasteiger charge is -2.42. The summed E-state index contributed by atoms with van der Waals surface area (Å²) in [7, 11) is 0. The zero-order chi connectivity index (χ0) is 27.7. The lowest BCUT2D eigenvalue weighted by molar-refractivity contribution is 0.136. The first kappa shape index (κ1) is 26.5. The number of aryl methyl sites for hydroxylation is 1. The molecule has 1 heterocycles. The Balaban J connectivity index is 1.38. The molecular formula is C33H32N6O. The highest BCUT2D eigenvalue weighted by Gasteiger charge is 2.33. The molecule has 7 heteroatoms. The van der Waals surface area contributed by atoms with Crippen molar-refractivity contribution in [1.82, 2.24) is 9.80 Å². The molecule has 2 amide bonds. The Labute approximate surface area is 235 Å². The third kappa shape index (κ3) is 6.30. The van der Waals surface area contributed by atoms with Gasteiger partial charge in [-0.25, -0.2) is 4.79 Å². The van der Waals surface area contributed by atoms with Crippen LogP contribution in [-0.2, 0) is 6.42 Å². The van der Waals surface area contributed by atoms with E-state index in [9.17, 15) is 10.1 Å². The van der Waals surface area contributed by atoms with Crippen molar-refractivity contribution < 1.29 is 4.79 Å². The van der Waals surface area contributed by atoms with E-state index in [1.54, 1.807) is 0 Å². The van der Waals surface area contributed by atoms with Gasteiger partial charge in [-0.1, -0.05) is 97.1 Å². The van der Waals surface area contributed by atoms with Crippen molar-refractivity contribution in [1.29, 1.82) is 5.26 Å². The summed E-state index contributed by atoms with van der Waals surface area (Å²) in [5, 5.41) is 16.0. The van der Waals surface area contributed by atoms with Crippen LogP contribution in [0.4, 0.5) is 16.2 Å². The average Bonchev–Trinajstić information content (AvgIpc) is 2.99. The molecule has 7 nitrogen and oxygen atoms in total. The van der Waals surface area contributed by atoms with E-state index < -0.39 is 0 Å². The van der Waals surface area contributed by atoms with Crippen LogP contribution < -0.4 is 10.6 Å². The number of urea groups is 1. The number of hydrogen-bond acceptors (Lipinski definition) is 3. The molecule has 0 radical (unpaired) electrons. The van der Waals surface area contributed by atoms with E-state index in [2.05, 4.69) is 33.8 Å².